The molecule has 2 heterocycles. The third kappa shape index (κ3) is 4.57. The number of Topliss-reactive ketones (excluding diaryl/α,β-unsaturated/α-hetero) is 1. The number of amides is 2. The van der Waals surface area contributed by atoms with Gasteiger partial charge in [0.05, 0.1) is 23.3 Å². The molecule has 1 aliphatic rings. The van der Waals surface area contributed by atoms with E-state index in [0.717, 1.165) is 29.8 Å². The minimum absolute atomic E-state index is 0.0402. The van der Waals surface area contributed by atoms with Crippen LogP contribution in [0.15, 0.2) is 36.5 Å². The summed E-state index contributed by atoms with van der Waals surface area (Å²) in [5.74, 6) is -1.88. The maximum absolute atomic E-state index is 13.4. The first kappa shape index (κ1) is 22.4. The molecule has 0 bridgehead atoms. The third-order valence-electron chi connectivity index (χ3n) is 6.26. The maximum Gasteiger partial charge on any atom is 0.269 e. The zero-order valence-corrected chi connectivity index (χ0v) is 18.8. The van der Waals surface area contributed by atoms with Gasteiger partial charge in [-0.05, 0) is 38.3 Å². The van der Waals surface area contributed by atoms with Crippen molar-refractivity contribution in [1.29, 1.82) is 0 Å². The van der Waals surface area contributed by atoms with Gasteiger partial charge in [-0.25, -0.2) is 0 Å². The van der Waals surface area contributed by atoms with Crippen LogP contribution in [0.25, 0.3) is 11.3 Å². The van der Waals surface area contributed by atoms with Gasteiger partial charge < -0.3 is 11.1 Å². The number of carbonyl (C=O) groups is 3. The number of aromatic nitrogens is 4. The summed E-state index contributed by atoms with van der Waals surface area (Å²) in [6, 6.07) is 9.31. The highest BCUT2D eigenvalue weighted by Crippen LogP contribution is 2.34. The number of aromatic amines is 1. The number of nitrogens with two attached hydrogens (primary N) is 1. The monoisotopic (exact) mass is 448 g/mol. The lowest BCUT2D eigenvalue weighted by Gasteiger charge is -2.29. The molecule has 1 fully saturated rings. The number of hydrogen-bond donors (Lipinski definition) is 3. The zero-order valence-electron chi connectivity index (χ0n) is 18.8. The smallest absolute Gasteiger partial charge is 0.269 e. The van der Waals surface area contributed by atoms with Crippen molar-refractivity contribution in [2.45, 2.75) is 46.1 Å². The molecule has 4 rings (SSSR count). The van der Waals surface area contributed by atoms with Gasteiger partial charge in [-0.3, -0.25) is 24.2 Å². The third-order valence-corrected chi connectivity index (χ3v) is 6.26. The van der Waals surface area contributed by atoms with Crippen LogP contribution in [0.2, 0.25) is 0 Å². The van der Waals surface area contributed by atoms with Crippen LogP contribution in [0, 0.1) is 18.8 Å². The average Bonchev–Trinajstić information content (AvgIpc) is 3.44. The van der Waals surface area contributed by atoms with Crippen LogP contribution in [0.1, 0.15) is 59.1 Å². The molecule has 1 saturated carbocycles. The number of nitrogens with zero attached hydrogens (tertiary/aromatic N) is 3. The minimum atomic E-state index is -0.659. The Morgan fingerprint density at radius 3 is 2.45 bits per heavy atom. The van der Waals surface area contributed by atoms with Crippen molar-refractivity contribution in [3.63, 3.8) is 0 Å². The molecule has 33 heavy (non-hydrogen) atoms. The highest BCUT2D eigenvalue weighted by molar-refractivity contribution is 6.05. The molecule has 0 radical (unpaired) electrons. The van der Waals surface area contributed by atoms with Gasteiger partial charge in [-0.2, -0.15) is 10.2 Å². The number of primary amides is 1. The van der Waals surface area contributed by atoms with E-state index < -0.39 is 17.7 Å². The van der Waals surface area contributed by atoms with Crippen molar-refractivity contribution in [2.24, 2.45) is 17.6 Å². The Kier molecular flexibility index (Phi) is 6.39. The summed E-state index contributed by atoms with van der Waals surface area (Å²) < 4.78 is 1.45. The van der Waals surface area contributed by atoms with Gasteiger partial charge in [0, 0.05) is 23.9 Å². The van der Waals surface area contributed by atoms with Gasteiger partial charge in [-0.1, -0.05) is 37.1 Å². The van der Waals surface area contributed by atoms with E-state index in [-0.39, 0.29) is 23.1 Å². The van der Waals surface area contributed by atoms with Crippen LogP contribution in [0.3, 0.4) is 0 Å². The van der Waals surface area contributed by atoms with Crippen LogP contribution >= 0.6 is 0 Å². The van der Waals surface area contributed by atoms with E-state index in [4.69, 9.17) is 5.73 Å². The van der Waals surface area contributed by atoms with Crippen LogP contribution < -0.4 is 11.1 Å². The largest absolute Gasteiger partial charge is 0.364 e. The molecule has 2 atom stereocenters. The normalized spacial score (nSPS) is 18.1. The van der Waals surface area contributed by atoms with E-state index in [0.29, 0.717) is 24.9 Å². The number of benzene rings is 1. The van der Waals surface area contributed by atoms with Crippen LogP contribution in [0.5, 0.6) is 0 Å². The van der Waals surface area contributed by atoms with E-state index in [9.17, 15) is 14.4 Å². The molecule has 9 nitrogen and oxygen atoms in total. The first-order chi connectivity index (χ1) is 15.9. The zero-order chi connectivity index (χ0) is 23.5. The van der Waals surface area contributed by atoms with Gasteiger partial charge in [0.15, 0.2) is 5.78 Å². The quantitative estimate of drug-likeness (QED) is 0.476. The highest BCUT2D eigenvalue weighted by Gasteiger charge is 2.36. The molecule has 0 aliphatic heterocycles. The van der Waals surface area contributed by atoms with Crippen molar-refractivity contribution >= 4 is 23.3 Å². The van der Waals surface area contributed by atoms with Gasteiger partial charge >= 0.3 is 0 Å². The molecule has 2 aromatic heterocycles. The Bertz CT molecular complexity index is 1180. The minimum Gasteiger partial charge on any atom is -0.364 e. The molecule has 0 spiro atoms. The number of aryl methyl sites for hydroxylation is 2. The van der Waals surface area contributed by atoms with Gasteiger partial charge in [0.25, 0.3) is 5.91 Å². The Hall–Kier alpha value is -3.75. The number of rotatable bonds is 7. The second-order valence-electron chi connectivity index (χ2n) is 8.44. The first-order valence-electron chi connectivity index (χ1n) is 11.2. The predicted molar refractivity (Wildman–Crippen MR) is 124 cm³/mol. The fourth-order valence-corrected chi connectivity index (χ4v) is 4.56. The Labute approximate surface area is 191 Å². The van der Waals surface area contributed by atoms with Crippen molar-refractivity contribution in [3.05, 3.63) is 53.5 Å². The fourth-order valence-electron chi connectivity index (χ4n) is 4.56. The molecule has 1 aromatic carbocycles. The lowest BCUT2D eigenvalue weighted by atomic mass is 9.75. The lowest BCUT2D eigenvalue weighted by Crippen LogP contribution is -2.36. The highest BCUT2D eigenvalue weighted by atomic mass is 16.2. The number of ketones is 1. The molecule has 3 aromatic rings. The Morgan fingerprint density at radius 1 is 1.15 bits per heavy atom. The summed E-state index contributed by atoms with van der Waals surface area (Å²) in [7, 11) is 0. The molecule has 1 aliphatic carbocycles. The second-order valence-corrected chi connectivity index (χ2v) is 8.44. The van der Waals surface area contributed by atoms with Crippen molar-refractivity contribution in [2.75, 3.05) is 5.32 Å². The average molecular weight is 449 g/mol. The van der Waals surface area contributed by atoms with E-state index in [1.54, 1.807) is 12.1 Å². The topological polar surface area (TPSA) is 136 Å². The molecule has 0 unspecified atom stereocenters. The summed E-state index contributed by atoms with van der Waals surface area (Å²) in [5, 5.41) is 14.0. The molecule has 9 heteroatoms. The molecular weight excluding hydrogens is 420 g/mol. The second kappa shape index (κ2) is 9.40. The van der Waals surface area contributed by atoms with E-state index in [1.807, 2.05) is 32.0 Å². The van der Waals surface area contributed by atoms with Gasteiger partial charge in [-0.15, -0.1) is 0 Å². The summed E-state index contributed by atoms with van der Waals surface area (Å²) in [4.78, 5) is 38.4. The van der Waals surface area contributed by atoms with Crippen LogP contribution in [-0.2, 0) is 11.3 Å². The van der Waals surface area contributed by atoms with Crippen molar-refractivity contribution in [1.82, 2.24) is 20.0 Å². The molecule has 0 saturated heterocycles. The molecular formula is C24H28N6O3. The number of anilines is 1. The van der Waals surface area contributed by atoms with Crippen LogP contribution in [0.4, 0.5) is 5.69 Å². The first-order valence-corrected chi connectivity index (χ1v) is 11.2. The fraction of sp³-hybridized carbons (Fsp3) is 0.375. The number of carbonyl (C=O) groups excluding carboxylic acids is 3. The number of H-pyrrole nitrogens is 1. The van der Waals surface area contributed by atoms with Crippen molar-refractivity contribution < 1.29 is 14.4 Å². The van der Waals surface area contributed by atoms with Crippen LogP contribution in [-0.4, -0.2) is 37.6 Å². The van der Waals surface area contributed by atoms with E-state index in [2.05, 4.69) is 20.6 Å². The summed E-state index contributed by atoms with van der Waals surface area (Å²) in [6.07, 6.45) is 4.46. The Morgan fingerprint density at radius 2 is 1.85 bits per heavy atom. The number of nitrogens with one attached hydrogen (secondary N) is 2. The maximum atomic E-state index is 13.4. The molecule has 4 N–H and O–H groups in total. The van der Waals surface area contributed by atoms with Gasteiger partial charge in [0.1, 0.15) is 5.69 Å². The summed E-state index contributed by atoms with van der Waals surface area (Å²) in [6.45, 7) is 4.19. The van der Waals surface area contributed by atoms with Gasteiger partial charge in [0.2, 0.25) is 5.91 Å². The van der Waals surface area contributed by atoms with E-state index in [1.165, 1.54) is 10.9 Å². The molecule has 172 valence electrons. The number of hydrogen-bond acceptors (Lipinski definition) is 5. The predicted octanol–water partition coefficient (Wildman–Crippen LogP) is 3.33. The summed E-state index contributed by atoms with van der Waals surface area (Å²) >= 11 is 0. The van der Waals surface area contributed by atoms with E-state index >= 15 is 0 Å². The molecule has 2 amide bonds. The summed E-state index contributed by atoms with van der Waals surface area (Å²) in [5.41, 5.74) is 9.23. The lowest BCUT2D eigenvalue weighted by molar-refractivity contribution is -0.122. The Balaban J connectivity index is 1.52. The SMILES string of the molecule is CCn1ncc(NC(=O)[C@@H]2CCCC[C@H]2C(=O)c2ccc(-c3cc(C)n[nH]3)cc2)c1C(N)=O. The van der Waals surface area contributed by atoms with Crippen molar-refractivity contribution in [3.8, 4) is 11.3 Å². The standard InChI is InChI=1S/C24H28N6O3/c1-3-30-21(23(25)32)20(13-26-30)27-24(33)18-7-5-4-6-17(18)22(31)16-10-8-15(9-11-16)19-12-14(2)28-29-19/h8-13,17-18H,3-7H2,1-2H3,(H2,25,32)(H,27,33)(H,28,29)/t17-,18-/m1/s1.